The summed E-state index contributed by atoms with van der Waals surface area (Å²) in [6.07, 6.45) is 5.07. The number of aromatic nitrogens is 2. The van der Waals surface area contributed by atoms with Crippen LogP contribution in [-0.2, 0) is 0 Å². The van der Waals surface area contributed by atoms with Gasteiger partial charge in [-0.2, -0.15) is 5.10 Å². The first-order chi connectivity index (χ1) is 13.7. The van der Waals surface area contributed by atoms with Crippen LogP contribution in [0.4, 0.5) is 0 Å². The van der Waals surface area contributed by atoms with E-state index in [2.05, 4.69) is 20.5 Å². The topological polar surface area (TPSA) is 67.2 Å². The average molecular weight is 366 g/mol. The number of benzene rings is 2. The number of nitrogens with one attached hydrogen (secondary N) is 1. The fourth-order valence-electron chi connectivity index (χ4n) is 3.00. The van der Waals surface area contributed by atoms with Crippen LogP contribution in [0, 0.1) is 6.92 Å². The molecule has 4 rings (SSSR count). The Labute approximate surface area is 162 Å². The van der Waals surface area contributed by atoms with Gasteiger partial charge in [-0.3, -0.25) is 9.78 Å². The Morgan fingerprint density at radius 2 is 1.93 bits per heavy atom. The molecule has 1 amide bonds. The molecule has 5 nitrogen and oxygen atoms in total. The largest absolute Gasteiger partial charge is 0.272 e. The van der Waals surface area contributed by atoms with Crippen LogP contribution >= 0.6 is 0 Å². The monoisotopic (exact) mass is 366 g/mol. The third-order valence-corrected chi connectivity index (χ3v) is 4.34. The molecule has 28 heavy (non-hydrogen) atoms. The van der Waals surface area contributed by atoms with Gasteiger partial charge in [-0.1, -0.05) is 48.0 Å². The number of amides is 1. The quantitative estimate of drug-likeness (QED) is 0.431. The zero-order valence-corrected chi connectivity index (χ0v) is 15.3. The van der Waals surface area contributed by atoms with Gasteiger partial charge in [0.05, 0.1) is 23.0 Å². The molecule has 0 saturated carbocycles. The number of rotatable bonds is 4. The first-order valence-electron chi connectivity index (χ1n) is 8.91. The summed E-state index contributed by atoms with van der Waals surface area (Å²) in [5.74, 6) is -0.285. The number of carbonyl (C=O) groups is 1. The second-order valence-corrected chi connectivity index (χ2v) is 6.43. The van der Waals surface area contributed by atoms with E-state index in [1.165, 1.54) is 0 Å². The molecular weight excluding hydrogens is 348 g/mol. The second-order valence-electron chi connectivity index (χ2n) is 6.43. The molecule has 136 valence electrons. The predicted octanol–water partition coefficient (Wildman–Crippen LogP) is 4.37. The molecule has 4 aromatic rings. The summed E-state index contributed by atoms with van der Waals surface area (Å²) >= 11 is 0. The Hall–Kier alpha value is -3.86. The summed E-state index contributed by atoms with van der Waals surface area (Å²) in [6.45, 7) is 2.01. The molecule has 2 aromatic heterocycles. The van der Waals surface area contributed by atoms with Crippen molar-refractivity contribution in [1.82, 2.24) is 15.4 Å². The highest BCUT2D eigenvalue weighted by molar-refractivity contribution is 6.07. The molecule has 0 aliphatic heterocycles. The van der Waals surface area contributed by atoms with E-state index in [1.54, 1.807) is 24.7 Å². The number of hydrogen-bond acceptors (Lipinski definition) is 4. The fraction of sp³-hybridized carbons (Fsp3) is 0.0435. The van der Waals surface area contributed by atoms with Gasteiger partial charge in [0.2, 0.25) is 0 Å². The van der Waals surface area contributed by atoms with Crippen molar-refractivity contribution in [3.8, 4) is 11.3 Å². The number of fused-ring (bicyclic) bond motifs is 1. The van der Waals surface area contributed by atoms with E-state index >= 15 is 0 Å². The van der Waals surface area contributed by atoms with Crippen molar-refractivity contribution >= 4 is 23.0 Å². The van der Waals surface area contributed by atoms with E-state index in [0.29, 0.717) is 11.3 Å². The molecule has 0 bridgehead atoms. The molecule has 0 aliphatic carbocycles. The van der Waals surface area contributed by atoms with Gasteiger partial charge in [-0.05, 0) is 36.8 Å². The minimum Gasteiger partial charge on any atom is -0.267 e. The normalized spacial score (nSPS) is 11.0. The summed E-state index contributed by atoms with van der Waals surface area (Å²) in [6, 6.07) is 21.0. The van der Waals surface area contributed by atoms with Crippen molar-refractivity contribution in [2.45, 2.75) is 6.92 Å². The third kappa shape index (κ3) is 3.78. The lowest BCUT2D eigenvalue weighted by Crippen LogP contribution is -2.18. The van der Waals surface area contributed by atoms with Gasteiger partial charge < -0.3 is 0 Å². The molecule has 2 heterocycles. The number of hydrogen-bond donors (Lipinski definition) is 1. The van der Waals surface area contributed by atoms with E-state index in [0.717, 1.165) is 27.6 Å². The van der Waals surface area contributed by atoms with Crippen LogP contribution in [-0.4, -0.2) is 22.1 Å². The molecule has 0 unspecified atom stereocenters. The summed E-state index contributed by atoms with van der Waals surface area (Å²) in [7, 11) is 0. The fourth-order valence-corrected chi connectivity index (χ4v) is 3.00. The Bertz CT molecular complexity index is 1170. The Morgan fingerprint density at radius 1 is 1.04 bits per heavy atom. The van der Waals surface area contributed by atoms with E-state index in [-0.39, 0.29) is 5.91 Å². The lowest BCUT2D eigenvalue weighted by Gasteiger charge is -2.08. The summed E-state index contributed by atoms with van der Waals surface area (Å²) in [5, 5.41) is 4.89. The van der Waals surface area contributed by atoms with Crippen molar-refractivity contribution in [3.63, 3.8) is 0 Å². The van der Waals surface area contributed by atoms with Gasteiger partial charge in [0.25, 0.3) is 5.91 Å². The summed E-state index contributed by atoms with van der Waals surface area (Å²) in [4.78, 5) is 21.6. The first-order valence-corrected chi connectivity index (χ1v) is 8.91. The van der Waals surface area contributed by atoms with Crippen LogP contribution in [0.25, 0.3) is 22.2 Å². The summed E-state index contributed by atoms with van der Waals surface area (Å²) < 4.78 is 0. The lowest BCUT2D eigenvalue weighted by molar-refractivity contribution is 0.0956. The van der Waals surface area contributed by atoms with Crippen LogP contribution in [0.5, 0.6) is 0 Å². The molecule has 1 N–H and O–H groups in total. The van der Waals surface area contributed by atoms with E-state index < -0.39 is 0 Å². The number of carbonyl (C=O) groups excluding carboxylic acids is 1. The second kappa shape index (κ2) is 7.80. The highest BCUT2D eigenvalue weighted by Gasteiger charge is 2.13. The molecule has 0 atom stereocenters. The van der Waals surface area contributed by atoms with Gasteiger partial charge >= 0.3 is 0 Å². The standard InChI is InChI=1S/C23H18N4O/c1-16-6-4-7-17(12-16)14-25-27-23(28)20-13-22(18-8-5-11-24-15-18)26-21-10-3-2-9-19(20)21/h2-15H,1H3,(H,27,28). The van der Waals surface area contributed by atoms with Crippen LogP contribution in [0.1, 0.15) is 21.5 Å². The predicted molar refractivity (Wildman–Crippen MR) is 111 cm³/mol. The smallest absolute Gasteiger partial charge is 0.267 e. The number of hydrazone groups is 1. The van der Waals surface area contributed by atoms with Crippen LogP contribution in [0.3, 0.4) is 0 Å². The summed E-state index contributed by atoms with van der Waals surface area (Å²) in [5.41, 5.74) is 7.50. The molecule has 0 radical (unpaired) electrons. The molecule has 5 heteroatoms. The third-order valence-electron chi connectivity index (χ3n) is 4.34. The van der Waals surface area contributed by atoms with Crippen molar-refractivity contribution in [1.29, 1.82) is 0 Å². The lowest BCUT2D eigenvalue weighted by atomic mass is 10.0. The van der Waals surface area contributed by atoms with Crippen LogP contribution in [0.2, 0.25) is 0 Å². The minimum absolute atomic E-state index is 0.285. The maximum atomic E-state index is 12.8. The van der Waals surface area contributed by atoms with Gasteiger partial charge in [0.1, 0.15) is 0 Å². The molecule has 0 spiro atoms. The Kier molecular flexibility index (Phi) is 4.89. The Morgan fingerprint density at radius 3 is 2.75 bits per heavy atom. The molecule has 0 aliphatic rings. The van der Waals surface area contributed by atoms with Crippen molar-refractivity contribution in [2.24, 2.45) is 5.10 Å². The van der Waals surface area contributed by atoms with Crippen LogP contribution in [0.15, 0.2) is 84.2 Å². The zero-order valence-electron chi connectivity index (χ0n) is 15.3. The van der Waals surface area contributed by atoms with Crippen molar-refractivity contribution in [3.05, 3.63) is 95.8 Å². The average Bonchev–Trinajstić information content (AvgIpc) is 2.73. The number of para-hydroxylation sites is 1. The van der Waals surface area contributed by atoms with Crippen LogP contribution < -0.4 is 5.43 Å². The molecule has 0 saturated heterocycles. The molecular formula is C23H18N4O. The Balaban J connectivity index is 1.67. The minimum atomic E-state index is -0.285. The highest BCUT2D eigenvalue weighted by atomic mass is 16.2. The number of nitrogens with zero attached hydrogens (tertiary/aromatic N) is 3. The SMILES string of the molecule is Cc1cccc(C=NNC(=O)c2cc(-c3cccnc3)nc3ccccc23)c1. The van der Waals surface area contributed by atoms with E-state index in [4.69, 9.17) is 0 Å². The van der Waals surface area contributed by atoms with E-state index in [1.807, 2.05) is 67.6 Å². The number of aryl methyl sites for hydroxylation is 1. The highest BCUT2D eigenvalue weighted by Crippen LogP contribution is 2.24. The van der Waals surface area contributed by atoms with E-state index in [9.17, 15) is 4.79 Å². The van der Waals surface area contributed by atoms with Gasteiger partial charge in [-0.25, -0.2) is 10.4 Å². The van der Waals surface area contributed by atoms with Gasteiger partial charge in [0, 0.05) is 23.3 Å². The van der Waals surface area contributed by atoms with Crippen molar-refractivity contribution < 1.29 is 4.79 Å². The molecule has 2 aromatic carbocycles. The molecule has 0 fully saturated rings. The number of pyridine rings is 2. The first kappa shape index (κ1) is 17.5. The van der Waals surface area contributed by atoms with Crippen molar-refractivity contribution in [2.75, 3.05) is 0 Å². The maximum Gasteiger partial charge on any atom is 0.272 e. The maximum absolute atomic E-state index is 12.8. The zero-order chi connectivity index (χ0) is 19.3. The van der Waals surface area contributed by atoms with Gasteiger partial charge in [0.15, 0.2) is 0 Å². The van der Waals surface area contributed by atoms with Gasteiger partial charge in [-0.15, -0.1) is 0 Å².